The van der Waals surface area contributed by atoms with Crippen LogP contribution in [0.2, 0.25) is 5.02 Å². The summed E-state index contributed by atoms with van der Waals surface area (Å²) < 4.78 is 0. The van der Waals surface area contributed by atoms with Gasteiger partial charge in [-0.15, -0.1) is 0 Å². The fraction of sp³-hybridized carbons (Fsp3) is 0.333. The standard InChI is InChI=1S/C36H38ClNO2S/c1-35(2,3)31-10-5-4-8-26(31)14-18-33(41-24-36(19-20-36)23-34(39)40)28-9-6-7-25(21-28)11-16-30-17-13-27-12-15-29(37)22-32(27)38-30/h4-13,15-17,21-22,33H,14,18-20,23-24H2,1-3H3,(H,39,40). The molecule has 41 heavy (non-hydrogen) atoms. The number of thioether (sulfide) groups is 1. The van der Waals surface area contributed by atoms with Crippen molar-refractivity contribution in [1.29, 1.82) is 0 Å². The van der Waals surface area contributed by atoms with Crippen molar-refractivity contribution in [2.75, 3.05) is 5.75 Å². The normalized spacial score (nSPS) is 15.3. The number of carboxylic acid groups (broad SMARTS) is 1. The topological polar surface area (TPSA) is 50.2 Å². The van der Waals surface area contributed by atoms with Crippen LogP contribution in [-0.4, -0.2) is 21.8 Å². The number of fused-ring (bicyclic) bond motifs is 1. The van der Waals surface area contributed by atoms with Crippen LogP contribution in [0.4, 0.5) is 0 Å². The van der Waals surface area contributed by atoms with E-state index in [9.17, 15) is 9.90 Å². The van der Waals surface area contributed by atoms with Crippen LogP contribution in [0.15, 0.2) is 78.9 Å². The van der Waals surface area contributed by atoms with Gasteiger partial charge in [-0.05, 0) is 83.0 Å². The first kappa shape index (κ1) is 29.4. The highest BCUT2D eigenvalue weighted by atomic mass is 35.5. The van der Waals surface area contributed by atoms with E-state index >= 15 is 0 Å². The number of aryl methyl sites for hydroxylation is 1. The minimum atomic E-state index is -0.685. The Bertz CT molecular complexity index is 1570. The summed E-state index contributed by atoms with van der Waals surface area (Å²) in [4.78, 5) is 16.3. The Kier molecular flexibility index (Phi) is 8.91. The first-order valence-electron chi connectivity index (χ1n) is 14.4. The quantitative estimate of drug-likeness (QED) is 0.191. The van der Waals surface area contributed by atoms with Crippen molar-refractivity contribution < 1.29 is 9.90 Å². The van der Waals surface area contributed by atoms with Gasteiger partial charge in [0.15, 0.2) is 0 Å². The number of halogens is 1. The van der Waals surface area contributed by atoms with Gasteiger partial charge in [0, 0.05) is 21.4 Å². The first-order chi connectivity index (χ1) is 19.6. The number of rotatable bonds is 11. The zero-order chi connectivity index (χ0) is 29.0. The fourth-order valence-electron chi connectivity index (χ4n) is 5.49. The van der Waals surface area contributed by atoms with E-state index in [-0.39, 0.29) is 22.5 Å². The first-order valence-corrected chi connectivity index (χ1v) is 15.8. The fourth-order valence-corrected chi connectivity index (χ4v) is 7.23. The highest BCUT2D eigenvalue weighted by Crippen LogP contribution is 2.53. The molecule has 0 bridgehead atoms. The van der Waals surface area contributed by atoms with Crippen molar-refractivity contribution in [3.63, 3.8) is 0 Å². The third kappa shape index (κ3) is 7.81. The second kappa shape index (κ2) is 12.4. The van der Waals surface area contributed by atoms with E-state index in [1.807, 2.05) is 42.1 Å². The average Bonchev–Trinajstić information content (AvgIpc) is 3.70. The summed E-state index contributed by atoms with van der Waals surface area (Å²) in [5, 5.41) is 11.5. The summed E-state index contributed by atoms with van der Waals surface area (Å²) in [6.45, 7) is 6.82. The van der Waals surface area contributed by atoms with Crippen molar-refractivity contribution >= 4 is 52.4 Å². The third-order valence-electron chi connectivity index (χ3n) is 7.98. The van der Waals surface area contributed by atoms with Crippen LogP contribution in [0.25, 0.3) is 23.1 Å². The highest BCUT2D eigenvalue weighted by Gasteiger charge is 2.44. The molecule has 3 aromatic carbocycles. The van der Waals surface area contributed by atoms with E-state index < -0.39 is 5.97 Å². The van der Waals surface area contributed by atoms with E-state index in [2.05, 4.69) is 81.4 Å². The van der Waals surface area contributed by atoms with Crippen LogP contribution in [0.5, 0.6) is 0 Å². The number of carbonyl (C=O) groups is 1. The van der Waals surface area contributed by atoms with Crippen LogP contribution in [0, 0.1) is 5.41 Å². The maximum atomic E-state index is 11.5. The third-order valence-corrected chi connectivity index (χ3v) is 9.90. The number of benzene rings is 3. The minimum absolute atomic E-state index is 0.0414. The van der Waals surface area contributed by atoms with E-state index in [4.69, 9.17) is 16.6 Å². The largest absolute Gasteiger partial charge is 0.481 e. The Morgan fingerprint density at radius 2 is 1.80 bits per heavy atom. The van der Waals surface area contributed by atoms with Gasteiger partial charge in [-0.2, -0.15) is 11.8 Å². The van der Waals surface area contributed by atoms with Crippen LogP contribution in [-0.2, 0) is 16.6 Å². The molecule has 4 aromatic rings. The predicted molar refractivity (Wildman–Crippen MR) is 175 cm³/mol. The number of pyridine rings is 1. The van der Waals surface area contributed by atoms with Crippen molar-refractivity contribution in [2.24, 2.45) is 5.41 Å². The van der Waals surface area contributed by atoms with Crippen LogP contribution >= 0.6 is 23.4 Å². The number of hydrogen-bond donors (Lipinski definition) is 1. The monoisotopic (exact) mass is 583 g/mol. The molecule has 1 N–H and O–H groups in total. The molecule has 1 saturated carbocycles. The molecule has 5 rings (SSSR count). The average molecular weight is 584 g/mol. The molecule has 1 aliphatic carbocycles. The lowest BCUT2D eigenvalue weighted by molar-refractivity contribution is -0.138. The highest BCUT2D eigenvalue weighted by molar-refractivity contribution is 7.99. The van der Waals surface area contributed by atoms with Crippen molar-refractivity contribution in [3.8, 4) is 0 Å². The summed E-state index contributed by atoms with van der Waals surface area (Å²) in [5.74, 6) is 0.199. The smallest absolute Gasteiger partial charge is 0.303 e. The molecule has 212 valence electrons. The molecule has 1 unspecified atom stereocenters. The van der Waals surface area contributed by atoms with Crippen molar-refractivity contribution in [1.82, 2.24) is 4.98 Å². The number of aromatic nitrogens is 1. The zero-order valence-corrected chi connectivity index (χ0v) is 25.6. The van der Waals surface area contributed by atoms with E-state index in [0.717, 1.165) is 53.6 Å². The lowest BCUT2D eigenvalue weighted by Crippen LogP contribution is -2.15. The van der Waals surface area contributed by atoms with Gasteiger partial charge in [0.2, 0.25) is 0 Å². The van der Waals surface area contributed by atoms with Gasteiger partial charge in [-0.1, -0.05) is 99.1 Å². The Morgan fingerprint density at radius 1 is 1.02 bits per heavy atom. The Balaban J connectivity index is 1.37. The van der Waals surface area contributed by atoms with Gasteiger partial charge >= 0.3 is 5.97 Å². The summed E-state index contributed by atoms with van der Waals surface area (Å²) >= 11 is 8.11. The molecular formula is C36H38ClNO2S. The maximum absolute atomic E-state index is 11.5. The van der Waals surface area contributed by atoms with Crippen molar-refractivity contribution in [3.05, 3.63) is 112 Å². The number of hydrogen-bond acceptors (Lipinski definition) is 3. The van der Waals surface area contributed by atoms with Gasteiger partial charge in [-0.3, -0.25) is 4.79 Å². The zero-order valence-electron chi connectivity index (χ0n) is 24.1. The summed E-state index contributed by atoms with van der Waals surface area (Å²) in [7, 11) is 0. The number of carboxylic acids is 1. The molecule has 5 heteroatoms. The summed E-state index contributed by atoms with van der Waals surface area (Å²) in [6, 6.07) is 27.4. The Labute approximate surface area is 253 Å². The SMILES string of the molecule is CC(C)(C)c1ccccc1CCC(SCC1(CC(=O)O)CC1)c1cccc(C=Cc2ccc3ccc(Cl)cc3n2)c1. The van der Waals surface area contributed by atoms with Gasteiger partial charge < -0.3 is 5.11 Å². The molecule has 0 saturated heterocycles. The van der Waals surface area contributed by atoms with E-state index in [1.165, 1.54) is 16.7 Å². The second-order valence-electron chi connectivity index (χ2n) is 12.4. The molecule has 3 nitrogen and oxygen atoms in total. The molecule has 0 radical (unpaired) electrons. The lowest BCUT2D eigenvalue weighted by atomic mass is 9.82. The molecular weight excluding hydrogens is 546 g/mol. The summed E-state index contributed by atoms with van der Waals surface area (Å²) in [6.07, 6.45) is 8.45. The molecule has 1 heterocycles. The van der Waals surface area contributed by atoms with Gasteiger partial charge in [0.1, 0.15) is 0 Å². The molecule has 0 amide bonds. The predicted octanol–water partition coefficient (Wildman–Crippen LogP) is 10.0. The lowest BCUT2D eigenvalue weighted by Gasteiger charge is -2.25. The number of aliphatic carboxylic acids is 1. The van der Waals surface area contributed by atoms with E-state index in [0.29, 0.717) is 5.02 Å². The Hall–Kier alpha value is -3.08. The minimum Gasteiger partial charge on any atom is -0.481 e. The van der Waals surface area contributed by atoms with E-state index in [1.54, 1.807) is 0 Å². The molecule has 1 atom stereocenters. The van der Waals surface area contributed by atoms with Crippen LogP contribution < -0.4 is 0 Å². The maximum Gasteiger partial charge on any atom is 0.303 e. The van der Waals surface area contributed by atoms with Gasteiger partial charge in [0.25, 0.3) is 0 Å². The van der Waals surface area contributed by atoms with Gasteiger partial charge in [0.05, 0.1) is 17.6 Å². The summed E-state index contributed by atoms with van der Waals surface area (Å²) in [5.41, 5.74) is 7.03. The van der Waals surface area contributed by atoms with Crippen LogP contribution in [0.1, 0.15) is 79.7 Å². The molecule has 0 spiro atoms. The molecule has 1 aliphatic rings. The number of nitrogens with zero attached hydrogens (tertiary/aromatic N) is 1. The van der Waals surface area contributed by atoms with Crippen LogP contribution in [0.3, 0.4) is 0 Å². The molecule has 1 aromatic heterocycles. The molecule has 0 aliphatic heterocycles. The second-order valence-corrected chi connectivity index (χ2v) is 14.0. The van der Waals surface area contributed by atoms with Gasteiger partial charge in [-0.25, -0.2) is 4.98 Å². The van der Waals surface area contributed by atoms with Crippen molar-refractivity contribution in [2.45, 2.75) is 63.5 Å². The molecule has 1 fully saturated rings. The Morgan fingerprint density at radius 3 is 2.56 bits per heavy atom.